The highest BCUT2D eigenvalue weighted by Crippen LogP contribution is 2.54. The van der Waals surface area contributed by atoms with Crippen molar-refractivity contribution < 1.29 is 0 Å². The lowest BCUT2D eigenvalue weighted by atomic mass is 9.82. The molecule has 1 aliphatic rings. The smallest absolute Gasteiger partial charge is 0.0543 e. The van der Waals surface area contributed by atoms with Crippen molar-refractivity contribution in [3.63, 3.8) is 0 Å². The maximum atomic E-state index is 2.43. The van der Waals surface area contributed by atoms with Crippen LogP contribution < -0.4 is 9.80 Å². The minimum Gasteiger partial charge on any atom is -0.311 e. The van der Waals surface area contributed by atoms with E-state index in [0.717, 1.165) is 39.6 Å². The van der Waals surface area contributed by atoms with Gasteiger partial charge in [-0.3, -0.25) is 0 Å². The van der Waals surface area contributed by atoms with Gasteiger partial charge in [0.25, 0.3) is 0 Å². The molecule has 0 saturated heterocycles. The Morgan fingerprint density at radius 3 is 0.908 bits per heavy atom. The molecular weight excluding hydrogens is 785 g/mol. The Balaban J connectivity index is 0.948. The third-order valence-electron chi connectivity index (χ3n) is 13.1. The monoisotopic (exact) mass is 832 g/mol. The molecule has 0 unspecified atom stereocenters. The summed E-state index contributed by atoms with van der Waals surface area (Å²) in [6.07, 6.45) is 0. The lowest BCUT2D eigenvalue weighted by Crippen LogP contribution is -2.16. The summed E-state index contributed by atoms with van der Waals surface area (Å²) in [5.74, 6) is 0. The van der Waals surface area contributed by atoms with Gasteiger partial charge in [0.05, 0.1) is 5.69 Å². The van der Waals surface area contributed by atoms with Gasteiger partial charge in [-0.05, 0) is 128 Å². The minimum absolute atomic E-state index is 0.104. The van der Waals surface area contributed by atoms with Crippen LogP contribution in [0.15, 0.2) is 255 Å². The van der Waals surface area contributed by atoms with E-state index in [2.05, 4.69) is 278 Å². The molecule has 0 spiro atoms. The number of nitrogens with zero attached hydrogens (tertiary/aromatic N) is 2. The molecule has 0 N–H and O–H groups in total. The van der Waals surface area contributed by atoms with Crippen LogP contribution in [0.25, 0.3) is 55.6 Å². The normalized spacial score (nSPS) is 12.3. The summed E-state index contributed by atoms with van der Waals surface area (Å²) in [6, 6.07) is 92.3. The number of rotatable bonds is 10. The summed E-state index contributed by atoms with van der Waals surface area (Å²) in [5.41, 5.74) is 21.5. The fourth-order valence-corrected chi connectivity index (χ4v) is 9.70. The predicted octanol–water partition coefficient (Wildman–Crippen LogP) is 17.6. The van der Waals surface area contributed by atoms with Crippen molar-refractivity contribution in [2.75, 3.05) is 9.80 Å². The Bertz CT molecular complexity index is 3130. The van der Waals surface area contributed by atoms with Crippen LogP contribution in [0, 0.1) is 0 Å². The number of anilines is 6. The molecule has 10 aromatic carbocycles. The molecule has 11 rings (SSSR count). The lowest BCUT2D eigenvalue weighted by Gasteiger charge is -2.29. The first-order valence-corrected chi connectivity index (χ1v) is 22.5. The summed E-state index contributed by atoms with van der Waals surface area (Å²) in [4.78, 5) is 4.78. The van der Waals surface area contributed by atoms with Crippen molar-refractivity contribution in [2.24, 2.45) is 0 Å². The summed E-state index contributed by atoms with van der Waals surface area (Å²) < 4.78 is 0. The van der Waals surface area contributed by atoms with Crippen molar-refractivity contribution in [2.45, 2.75) is 19.3 Å². The molecule has 310 valence electrons. The third-order valence-corrected chi connectivity index (χ3v) is 13.1. The van der Waals surface area contributed by atoms with Gasteiger partial charge in [-0.1, -0.05) is 202 Å². The Kier molecular flexibility index (Phi) is 10.3. The molecule has 0 saturated carbocycles. The SMILES string of the molecule is CC1(C)c2ccccc2-c2c(N(c3ccc(-c4ccccc4)cc3)c3ccc(-c4ccc(N(c5ccc(-c6ccccc6)cc5)c5ccc(-c6ccccc6)cc5)cc4)cc3)cccc21. The molecule has 0 heterocycles. The van der Waals surface area contributed by atoms with Gasteiger partial charge in [0, 0.05) is 39.4 Å². The maximum absolute atomic E-state index is 2.43. The third kappa shape index (κ3) is 7.49. The molecule has 0 aromatic heterocycles. The highest BCUT2D eigenvalue weighted by Gasteiger charge is 2.37. The van der Waals surface area contributed by atoms with Crippen LogP contribution in [0.2, 0.25) is 0 Å². The van der Waals surface area contributed by atoms with Crippen molar-refractivity contribution in [3.05, 3.63) is 266 Å². The van der Waals surface area contributed by atoms with Crippen LogP contribution in [0.4, 0.5) is 34.1 Å². The Hall–Kier alpha value is -8.20. The average molecular weight is 833 g/mol. The van der Waals surface area contributed by atoms with E-state index in [1.165, 1.54) is 61.3 Å². The molecular formula is C63H48N2. The minimum atomic E-state index is -0.104. The first kappa shape index (κ1) is 39.6. The van der Waals surface area contributed by atoms with E-state index in [4.69, 9.17) is 0 Å². The molecule has 0 fully saturated rings. The quantitative estimate of drug-likeness (QED) is 0.135. The van der Waals surface area contributed by atoms with Gasteiger partial charge in [0.1, 0.15) is 0 Å². The number of fused-ring (bicyclic) bond motifs is 3. The van der Waals surface area contributed by atoms with Gasteiger partial charge in [-0.15, -0.1) is 0 Å². The molecule has 0 amide bonds. The van der Waals surface area contributed by atoms with E-state index in [-0.39, 0.29) is 5.41 Å². The van der Waals surface area contributed by atoms with Crippen LogP contribution in [-0.2, 0) is 5.41 Å². The fourth-order valence-electron chi connectivity index (χ4n) is 9.70. The zero-order chi connectivity index (χ0) is 43.7. The Morgan fingerprint density at radius 1 is 0.246 bits per heavy atom. The summed E-state index contributed by atoms with van der Waals surface area (Å²) in [6.45, 7) is 4.70. The maximum Gasteiger partial charge on any atom is 0.0543 e. The Morgan fingerprint density at radius 2 is 0.538 bits per heavy atom. The van der Waals surface area contributed by atoms with E-state index in [1.807, 2.05) is 0 Å². The van der Waals surface area contributed by atoms with Crippen LogP contribution >= 0.6 is 0 Å². The second-order valence-corrected chi connectivity index (χ2v) is 17.4. The van der Waals surface area contributed by atoms with Crippen molar-refractivity contribution in [1.82, 2.24) is 0 Å². The summed E-state index contributed by atoms with van der Waals surface area (Å²) >= 11 is 0. The molecule has 0 radical (unpaired) electrons. The van der Waals surface area contributed by atoms with Gasteiger partial charge in [-0.25, -0.2) is 0 Å². The van der Waals surface area contributed by atoms with Gasteiger partial charge in [0.2, 0.25) is 0 Å². The molecule has 0 atom stereocenters. The van der Waals surface area contributed by atoms with E-state index in [1.54, 1.807) is 0 Å². The summed E-state index contributed by atoms with van der Waals surface area (Å²) in [5, 5.41) is 0. The van der Waals surface area contributed by atoms with Crippen LogP contribution in [0.3, 0.4) is 0 Å². The van der Waals surface area contributed by atoms with Gasteiger partial charge in [0.15, 0.2) is 0 Å². The second-order valence-electron chi connectivity index (χ2n) is 17.4. The molecule has 65 heavy (non-hydrogen) atoms. The topological polar surface area (TPSA) is 6.48 Å². The largest absolute Gasteiger partial charge is 0.311 e. The van der Waals surface area contributed by atoms with Gasteiger partial charge < -0.3 is 9.80 Å². The van der Waals surface area contributed by atoms with Crippen molar-refractivity contribution in [3.8, 4) is 55.6 Å². The van der Waals surface area contributed by atoms with Crippen LogP contribution in [0.5, 0.6) is 0 Å². The van der Waals surface area contributed by atoms with Gasteiger partial charge >= 0.3 is 0 Å². The van der Waals surface area contributed by atoms with Crippen molar-refractivity contribution in [1.29, 1.82) is 0 Å². The number of hydrogen-bond acceptors (Lipinski definition) is 2. The molecule has 0 aliphatic heterocycles. The molecule has 10 aromatic rings. The van der Waals surface area contributed by atoms with E-state index in [9.17, 15) is 0 Å². The number of hydrogen-bond donors (Lipinski definition) is 0. The zero-order valence-electron chi connectivity index (χ0n) is 36.6. The standard InChI is InChI=1S/C63H48N2/c1-63(2)59-22-13-12-21-58(59)62-60(63)23-14-24-61(62)65(56-41-31-50(32-42-56)47-19-10-5-11-20-47)57-43-33-52(34-44-57)51-29-39-55(40-30-51)64(53-35-25-48(26-36-53)45-15-6-3-7-16-45)54-37-27-49(28-38-54)46-17-8-4-9-18-46/h3-44H,1-2H3. The summed E-state index contributed by atoms with van der Waals surface area (Å²) in [7, 11) is 0. The molecule has 0 bridgehead atoms. The zero-order valence-corrected chi connectivity index (χ0v) is 36.6. The fraction of sp³-hybridized carbons (Fsp3) is 0.0476. The first-order chi connectivity index (χ1) is 32.0. The van der Waals surface area contributed by atoms with Crippen LogP contribution in [0.1, 0.15) is 25.0 Å². The van der Waals surface area contributed by atoms with Crippen molar-refractivity contribution >= 4 is 34.1 Å². The number of benzene rings is 10. The second kappa shape index (κ2) is 16.8. The lowest BCUT2D eigenvalue weighted by molar-refractivity contribution is 0.660. The highest BCUT2D eigenvalue weighted by molar-refractivity contribution is 5.95. The van der Waals surface area contributed by atoms with E-state index < -0.39 is 0 Å². The molecule has 1 aliphatic carbocycles. The van der Waals surface area contributed by atoms with E-state index >= 15 is 0 Å². The molecule has 2 nitrogen and oxygen atoms in total. The van der Waals surface area contributed by atoms with Crippen LogP contribution in [-0.4, -0.2) is 0 Å². The Labute approximate surface area is 383 Å². The highest BCUT2D eigenvalue weighted by atomic mass is 15.1. The first-order valence-electron chi connectivity index (χ1n) is 22.5. The van der Waals surface area contributed by atoms with Gasteiger partial charge in [-0.2, -0.15) is 0 Å². The average Bonchev–Trinajstić information content (AvgIpc) is 3.62. The van der Waals surface area contributed by atoms with E-state index in [0.29, 0.717) is 0 Å². The predicted molar refractivity (Wildman–Crippen MR) is 275 cm³/mol. The molecule has 2 heteroatoms.